The fraction of sp³-hybridized carbons (Fsp3) is 0.750. The van der Waals surface area contributed by atoms with Gasteiger partial charge in [-0.05, 0) is 11.8 Å². The fourth-order valence-corrected chi connectivity index (χ4v) is 1.95. The molecule has 0 spiro atoms. The van der Waals surface area contributed by atoms with Crippen molar-refractivity contribution >= 4 is 17.9 Å². The topological polar surface area (TPSA) is 105 Å². The molecule has 7 nitrogen and oxygen atoms in total. The van der Waals surface area contributed by atoms with Crippen LogP contribution in [0.3, 0.4) is 0 Å². The number of urea groups is 1. The van der Waals surface area contributed by atoms with E-state index < -0.39 is 23.3 Å². The second-order valence-electron chi connectivity index (χ2n) is 5.49. The molecule has 1 saturated heterocycles. The van der Waals surface area contributed by atoms with Gasteiger partial charge < -0.3 is 15.2 Å². The third-order valence-corrected chi connectivity index (χ3v) is 2.79. The zero-order valence-electron chi connectivity index (χ0n) is 11.2. The summed E-state index contributed by atoms with van der Waals surface area (Å²) in [4.78, 5) is 33.8. The Labute approximate surface area is 111 Å². The van der Waals surface area contributed by atoms with Crippen molar-refractivity contribution in [2.75, 3.05) is 13.2 Å². The van der Waals surface area contributed by atoms with Gasteiger partial charge in [0.2, 0.25) is 5.91 Å². The van der Waals surface area contributed by atoms with Gasteiger partial charge in [0.15, 0.2) is 0 Å². The molecule has 108 valence electrons. The molecule has 0 aromatic rings. The Kier molecular flexibility index (Phi) is 5.29. The van der Waals surface area contributed by atoms with Crippen molar-refractivity contribution in [3.8, 4) is 0 Å². The molecule has 0 aromatic carbocycles. The van der Waals surface area contributed by atoms with Crippen LogP contribution in [-0.2, 0) is 14.3 Å². The summed E-state index contributed by atoms with van der Waals surface area (Å²) >= 11 is 0. The van der Waals surface area contributed by atoms with Gasteiger partial charge >= 0.3 is 12.0 Å². The minimum absolute atomic E-state index is 0.0200. The number of rotatable bonds is 5. The second kappa shape index (κ2) is 6.51. The first kappa shape index (κ1) is 15.4. The quantitative estimate of drug-likeness (QED) is 0.675. The molecule has 1 fully saturated rings. The molecule has 0 bridgehead atoms. The Morgan fingerprint density at radius 3 is 2.53 bits per heavy atom. The SMILES string of the molecule is CC(C)(CC(=O)O)CC(=O)NC(=O)NC1CCOC1. The highest BCUT2D eigenvalue weighted by atomic mass is 16.5. The zero-order valence-corrected chi connectivity index (χ0v) is 11.2. The summed E-state index contributed by atoms with van der Waals surface area (Å²) < 4.78 is 5.09. The van der Waals surface area contributed by atoms with E-state index >= 15 is 0 Å². The standard InChI is InChI=1S/C12H20N2O5/c1-12(2,6-10(16)17)5-9(15)14-11(18)13-8-3-4-19-7-8/h8H,3-7H2,1-2H3,(H,16,17)(H2,13,14,15,18). The maximum Gasteiger partial charge on any atom is 0.321 e. The van der Waals surface area contributed by atoms with E-state index in [0.717, 1.165) is 6.42 Å². The third-order valence-electron chi connectivity index (χ3n) is 2.79. The number of carboxylic acid groups (broad SMARTS) is 1. The summed E-state index contributed by atoms with van der Waals surface area (Å²) in [6, 6.07) is -0.633. The van der Waals surface area contributed by atoms with Gasteiger partial charge in [0, 0.05) is 13.0 Å². The van der Waals surface area contributed by atoms with E-state index in [9.17, 15) is 14.4 Å². The smallest absolute Gasteiger partial charge is 0.321 e. The van der Waals surface area contributed by atoms with Gasteiger partial charge in [-0.15, -0.1) is 0 Å². The van der Waals surface area contributed by atoms with E-state index in [2.05, 4.69) is 10.6 Å². The molecule has 3 amide bonds. The van der Waals surface area contributed by atoms with Gasteiger partial charge in [0.05, 0.1) is 19.1 Å². The summed E-state index contributed by atoms with van der Waals surface area (Å²) in [5, 5.41) is 13.5. The van der Waals surface area contributed by atoms with E-state index in [-0.39, 0.29) is 18.9 Å². The number of carboxylic acids is 1. The van der Waals surface area contributed by atoms with Crippen molar-refractivity contribution in [3.63, 3.8) is 0 Å². The van der Waals surface area contributed by atoms with Gasteiger partial charge in [-0.2, -0.15) is 0 Å². The van der Waals surface area contributed by atoms with Crippen LogP contribution in [0.15, 0.2) is 0 Å². The molecule has 1 aliphatic rings. The summed E-state index contributed by atoms with van der Waals surface area (Å²) in [5.41, 5.74) is -0.688. The number of nitrogens with one attached hydrogen (secondary N) is 2. The highest BCUT2D eigenvalue weighted by Crippen LogP contribution is 2.24. The van der Waals surface area contributed by atoms with Crippen LogP contribution in [0.5, 0.6) is 0 Å². The Hall–Kier alpha value is -1.63. The number of aliphatic carboxylic acids is 1. The second-order valence-corrected chi connectivity index (χ2v) is 5.49. The van der Waals surface area contributed by atoms with Crippen LogP contribution in [-0.4, -0.2) is 42.3 Å². The Morgan fingerprint density at radius 2 is 2.00 bits per heavy atom. The van der Waals surface area contributed by atoms with Crippen LogP contribution in [0, 0.1) is 5.41 Å². The first-order valence-electron chi connectivity index (χ1n) is 6.18. The summed E-state index contributed by atoms with van der Waals surface area (Å²) in [5.74, 6) is -1.45. The predicted molar refractivity (Wildman–Crippen MR) is 66.5 cm³/mol. The monoisotopic (exact) mass is 272 g/mol. The average Bonchev–Trinajstić information content (AvgIpc) is 2.65. The van der Waals surface area contributed by atoms with Crippen LogP contribution >= 0.6 is 0 Å². The third kappa shape index (κ3) is 6.19. The van der Waals surface area contributed by atoms with Gasteiger partial charge in [0.1, 0.15) is 0 Å². The first-order valence-corrected chi connectivity index (χ1v) is 6.18. The fourth-order valence-electron chi connectivity index (χ4n) is 1.95. The van der Waals surface area contributed by atoms with Gasteiger partial charge in [-0.25, -0.2) is 4.79 Å². The number of hydrogen-bond acceptors (Lipinski definition) is 4. The van der Waals surface area contributed by atoms with Crippen molar-refractivity contribution in [2.45, 2.75) is 39.2 Å². The summed E-state index contributed by atoms with van der Waals surface area (Å²) in [6.45, 7) is 4.39. The highest BCUT2D eigenvalue weighted by molar-refractivity contribution is 5.94. The van der Waals surface area contributed by atoms with Crippen LogP contribution < -0.4 is 10.6 Å². The molecule has 1 rings (SSSR count). The number of carbonyl (C=O) groups excluding carboxylic acids is 2. The number of carbonyl (C=O) groups is 3. The molecule has 7 heteroatoms. The molecule has 19 heavy (non-hydrogen) atoms. The first-order chi connectivity index (χ1) is 8.78. The van der Waals surface area contributed by atoms with E-state index in [1.54, 1.807) is 13.8 Å². The van der Waals surface area contributed by atoms with Crippen molar-refractivity contribution in [3.05, 3.63) is 0 Å². The lowest BCUT2D eigenvalue weighted by molar-refractivity contribution is -0.139. The average molecular weight is 272 g/mol. The molecule has 0 aromatic heterocycles. The van der Waals surface area contributed by atoms with E-state index in [1.807, 2.05) is 0 Å². The Bertz CT molecular complexity index is 361. The lowest BCUT2D eigenvalue weighted by Crippen LogP contribution is -2.45. The number of hydrogen-bond donors (Lipinski definition) is 3. The van der Waals surface area contributed by atoms with Gasteiger partial charge in [0.25, 0.3) is 0 Å². The maximum absolute atomic E-state index is 11.6. The minimum Gasteiger partial charge on any atom is -0.481 e. The summed E-state index contributed by atoms with van der Waals surface area (Å²) in [6.07, 6.45) is 0.582. The molecule has 1 atom stereocenters. The van der Waals surface area contributed by atoms with Gasteiger partial charge in [-0.3, -0.25) is 14.9 Å². The zero-order chi connectivity index (χ0) is 14.5. The van der Waals surface area contributed by atoms with Crippen molar-refractivity contribution in [1.29, 1.82) is 0 Å². The van der Waals surface area contributed by atoms with Crippen LogP contribution in [0.1, 0.15) is 33.1 Å². The van der Waals surface area contributed by atoms with Crippen LogP contribution in [0.4, 0.5) is 4.79 Å². The Balaban J connectivity index is 2.33. The predicted octanol–water partition coefficient (Wildman–Crippen LogP) is 0.492. The molecule has 0 saturated carbocycles. The Morgan fingerprint density at radius 1 is 1.32 bits per heavy atom. The number of imide groups is 1. The number of ether oxygens (including phenoxy) is 1. The van der Waals surface area contributed by atoms with Crippen LogP contribution in [0.2, 0.25) is 0 Å². The molecule has 1 heterocycles. The van der Waals surface area contributed by atoms with Crippen molar-refractivity contribution in [2.24, 2.45) is 5.41 Å². The minimum atomic E-state index is -0.967. The molecular formula is C12H20N2O5. The van der Waals surface area contributed by atoms with Crippen molar-refractivity contribution in [1.82, 2.24) is 10.6 Å². The van der Waals surface area contributed by atoms with E-state index in [4.69, 9.17) is 9.84 Å². The van der Waals surface area contributed by atoms with E-state index in [0.29, 0.717) is 13.2 Å². The van der Waals surface area contributed by atoms with E-state index in [1.165, 1.54) is 0 Å². The molecule has 0 radical (unpaired) electrons. The molecular weight excluding hydrogens is 252 g/mol. The van der Waals surface area contributed by atoms with Gasteiger partial charge in [-0.1, -0.05) is 13.8 Å². The normalized spacial score (nSPS) is 18.9. The highest BCUT2D eigenvalue weighted by Gasteiger charge is 2.26. The number of amides is 3. The maximum atomic E-state index is 11.6. The lowest BCUT2D eigenvalue weighted by atomic mass is 9.85. The largest absolute Gasteiger partial charge is 0.481 e. The lowest BCUT2D eigenvalue weighted by Gasteiger charge is -2.21. The molecule has 1 unspecified atom stereocenters. The van der Waals surface area contributed by atoms with Crippen molar-refractivity contribution < 1.29 is 24.2 Å². The molecule has 0 aliphatic carbocycles. The molecule has 3 N–H and O–H groups in total. The molecule has 1 aliphatic heterocycles. The summed E-state index contributed by atoms with van der Waals surface area (Å²) in [7, 11) is 0. The van der Waals surface area contributed by atoms with Crippen LogP contribution in [0.25, 0.3) is 0 Å².